The zero-order valence-corrected chi connectivity index (χ0v) is 20.4. The summed E-state index contributed by atoms with van der Waals surface area (Å²) in [5.41, 5.74) is 1.68. The van der Waals surface area contributed by atoms with Crippen molar-refractivity contribution in [3.63, 3.8) is 0 Å². The molecule has 0 amide bonds. The molecule has 0 fully saturated rings. The summed E-state index contributed by atoms with van der Waals surface area (Å²) in [6.07, 6.45) is 13.4. The monoisotopic (exact) mass is 442 g/mol. The Labute approximate surface area is 188 Å². The largest absolute Gasteiger partial charge is 0.152 e. The van der Waals surface area contributed by atoms with Crippen LogP contribution in [-0.4, -0.2) is 0 Å². The average molecular weight is 443 g/mol. The zero-order valence-electron chi connectivity index (χ0n) is 17.9. The molecular weight excluding hydrogens is 408 g/mol. The zero-order chi connectivity index (χ0) is 20.3. The van der Waals surface area contributed by atoms with Crippen LogP contribution < -0.4 is 0 Å². The molecule has 0 aliphatic carbocycles. The second-order valence-corrected chi connectivity index (χ2v) is 10.6. The lowest BCUT2D eigenvalue weighted by Gasteiger charge is -2.05. The van der Waals surface area contributed by atoms with Crippen LogP contribution in [0.4, 0.5) is 0 Å². The lowest BCUT2D eigenvalue weighted by Crippen LogP contribution is -1.91. The first-order valence-corrected chi connectivity index (χ1v) is 13.9. The van der Waals surface area contributed by atoms with E-state index in [0.717, 1.165) is 0 Å². The second-order valence-electron chi connectivity index (χ2n) is 7.69. The van der Waals surface area contributed by atoms with Gasteiger partial charge in [-0.15, -0.1) is 22.7 Å². The van der Waals surface area contributed by atoms with Crippen LogP contribution in [0.15, 0.2) is 46.5 Å². The van der Waals surface area contributed by atoms with E-state index in [1.54, 1.807) is 31.9 Å². The minimum absolute atomic E-state index is 1.28. The van der Waals surface area contributed by atoms with Gasteiger partial charge in [-0.2, -0.15) is 11.3 Å². The van der Waals surface area contributed by atoms with Gasteiger partial charge in [-0.1, -0.05) is 70.6 Å². The van der Waals surface area contributed by atoms with Crippen molar-refractivity contribution < 1.29 is 0 Å². The van der Waals surface area contributed by atoms with Crippen molar-refractivity contribution in [3.05, 3.63) is 56.9 Å². The van der Waals surface area contributed by atoms with Crippen LogP contribution >= 0.6 is 34.0 Å². The lowest BCUT2D eigenvalue weighted by molar-refractivity contribution is 0.655. The molecule has 0 unspecified atom stereocenters. The van der Waals surface area contributed by atoms with Gasteiger partial charge >= 0.3 is 0 Å². The van der Waals surface area contributed by atoms with Crippen LogP contribution in [0, 0.1) is 0 Å². The summed E-state index contributed by atoms with van der Waals surface area (Å²) < 4.78 is 2.99. The van der Waals surface area contributed by atoms with Crippen molar-refractivity contribution in [1.82, 2.24) is 0 Å². The summed E-state index contributed by atoms with van der Waals surface area (Å²) in [5, 5.41) is 9.36. The van der Waals surface area contributed by atoms with Crippen molar-refractivity contribution in [2.45, 2.75) is 78.1 Å². The van der Waals surface area contributed by atoms with Crippen LogP contribution in [-0.2, 0) is 12.8 Å². The first kappa shape index (κ1) is 22.5. The molecule has 29 heavy (non-hydrogen) atoms. The van der Waals surface area contributed by atoms with E-state index in [1.807, 2.05) is 34.2 Å². The van der Waals surface area contributed by atoms with E-state index >= 15 is 0 Å². The predicted octanol–water partition coefficient (Wildman–Crippen LogP) is 10.1. The second kappa shape index (κ2) is 12.5. The van der Waals surface area contributed by atoms with E-state index in [0.29, 0.717) is 0 Å². The molecule has 3 aromatic heterocycles. The van der Waals surface area contributed by atoms with Gasteiger partial charge in [0, 0.05) is 19.7 Å². The number of unbranched alkanes of at least 4 members (excludes halogenated alkanes) is 6. The van der Waals surface area contributed by atoms with Crippen molar-refractivity contribution >= 4 is 54.2 Å². The number of benzene rings is 1. The topological polar surface area (TPSA) is 0 Å². The summed E-state index contributed by atoms with van der Waals surface area (Å²) in [6.45, 7) is 4.60. The summed E-state index contributed by atoms with van der Waals surface area (Å²) >= 11 is 5.67. The van der Waals surface area contributed by atoms with Crippen LogP contribution in [0.1, 0.15) is 75.7 Å². The third kappa shape index (κ3) is 6.41. The lowest BCUT2D eigenvalue weighted by atomic mass is 10.00. The summed E-state index contributed by atoms with van der Waals surface area (Å²) in [4.78, 5) is 1.68. The molecule has 3 heterocycles. The van der Waals surface area contributed by atoms with E-state index < -0.39 is 0 Å². The molecule has 3 heteroatoms. The molecule has 0 aliphatic rings. The van der Waals surface area contributed by atoms with Crippen molar-refractivity contribution in [3.8, 4) is 0 Å². The number of thiophene rings is 3. The molecule has 0 radical (unpaired) electrons. The summed E-state index contributed by atoms with van der Waals surface area (Å²) in [6, 6.07) is 11.1. The average Bonchev–Trinajstić information content (AvgIpc) is 3.50. The van der Waals surface area contributed by atoms with Gasteiger partial charge in [0.05, 0.1) is 0 Å². The smallest absolute Gasteiger partial charge is 0.0435 e. The maximum Gasteiger partial charge on any atom is 0.0435 e. The van der Waals surface area contributed by atoms with E-state index in [4.69, 9.17) is 0 Å². The normalized spacial score (nSPS) is 11.1. The van der Waals surface area contributed by atoms with Gasteiger partial charge < -0.3 is 0 Å². The fourth-order valence-electron chi connectivity index (χ4n) is 3.84. The number of hydrogen-bond donors (Lipinski definition) is 0. The van der Waals surface area contributed by atoms with E-state index in [-0.39, 0.29) is 0 Å². The highest BCUT2D eigenvalue weighted by molar-refractivity contribution is 7.22. The maximum atomic E-state index is 2.40. The van der Waals surface area contributed by atoms with Gasteiger partial charge in [-0.3, -0.25) is 0 Å². The predicted molar refractivity (Wildman–Crippen MR) is 137 cm³/mol. The van der Waals surface area contributed by atoms with Crippen molar-refractivity contribution in [1.29, 1.82) is 0 Å². The van der Waals surface area contributed by atoms with Gasteiger partial charge in [0.15, 0.2) is 0 Å². The molecule has 0 aliphatic heterocycles. The fraction of sp³-hybridized carbons (Fsp3) is 0.462. The molecule has 0 saturated heterocycles. The van der Waals surface area contributed by atoms with Gasteiger partial charge in [-0.25, -0.2) is 0 Å². The Bertz CT molecular complexity index is 926. The third-order valence-electron chi connectivity index (χ3n) is 5.44. The van der Waals surface area contributed by atoms with E-state index in [1.165, 1.54) is 74.3 Å². The van der Waals surface area contributed by atoms with Crippen molar-refractivity contribution in [2.75, 3.05) is 0 Å². The fourth-order valence-corrected chi connectivity index (χ4v) is 6.57. The van der Waals surface area contributed by atoms with E-state index in [2.05, 4.69) is 48.8 Å². The number of aryl methyl sites for hydroxylation is 2. The molecule has 4 aromatic rings. The third-order valence-corrected chi connectivity index (χ3v) is 8.29. The minimum atomic E-state index is 1.28. The van der Waals surface area contributed by atoms with Crippen LogP contribution in [0.2, 0.25) is 0 Å². The molecule has 4 rings (SSSR count). The molecule has 0 atom stereocenters. The highest BCUT2D eigenvalue weighted by Crippen LogP contribution is 2.39. The summed E-state index contributed by atoms with van der Waals surface area (Å²) in [7, 11) is 0. The van der Waals surface area contributed by atoms with Gasteiger partial charge in [0.1, 0.15) is 0 Å². The summed E-state index contributed by atoms with van der Waals surface area (Å²) in [5.74, 6) is 0. The number of fused-ring (bicyclic) bond motifs is 3. The van der Waals surface area contributed by atoms with Gasteiger partial charge in [0.25, 0.3) is 0 Å². The minimum Gasteiger partial charge on any atom is -0.152 e. The molecule has 156 valence electrons. The SMILES string of the molecule is CCCCCCc1sc2c(ccc3sccc32)c1CCCCCC.c1ccsc1. The van der Waals surface area contributed by atoms with E-state index in [9.17, 15) is 0 Å². The Hall–Kier alpha value is -1.16. The van der Waals surface area contributed by atoms with Crippen LogP contribution in [0.25, 0.3) is 20.2 Å². The first-order chi connectivity index (χ1) is 14.3. The molecule has 0 bridgehead atoms. The molecular formula is C26H34S3. The quantitative estimate of drug-likeness (QED) is 0.214. The van der Waals surface area contributed by atoms with Crippen LogP contribution in [0.5, 0.6) is 0 Å². The standard InChI is InChI=1S/C22H30S2.C4H4S/c1-3-5-7-9-11-17-18-13-14-20-19(15-16-23-20)22(18)24-21(17)12-10-8-6-4-2;1-2-4-5-3-1/h13-16H,3-12H2,1-2H3;1-4H. The first-order valence-electron chi connectivity index (χ1n) is 11.2. The van der Waals surface area contributed by atoms with Gasteiger partial charge in [0.2, 0.25) is 0 Å². The number of hydrogen-bond acceptors (Lipinski definition) is 3. The van der Waals surface area contributed by atoms with Gasteiger partial charge in [-0.05, 0) is 64.9 Å². The Morgan fingerprint density at radius 3 is 2.07 bits per heavy atom. The Morgan fingerprint density at radius 2 is 1.41 bits per heavy atom. The Kier molecular flexibility index (Phi) is 9.72. The number of rotatable bonds is 10. The molecule has 0 spiro atoms. The Balaban J connectivity index is 0.000000419. The van der Waals surface area contributed by atoms with Crippen molar-refractivity contribution in [2.24, 2.45) is 0 Å². The molecule has 1 aromatic carbocycles. The highest BCUT2D eigenvalue weighted by atomic mass is 32.1. The molecule has 0 nitrogen and oxygen atoms in total. The Morgan fingerprint density at radius 1 is 0.690 bits per heavy atom. The molecule has 0 saturated carbocycles. The van der Waals surface area contributed by atoms with Crippen LogP contribution in [0.3, 0.4) is 0 Å². The highest BCUT2D eigenvalue weighted by Gasteiger charge is 2.14. The maximum absolute atomic E-state index is 2.40. The molecule has 0 N–H and O–H groups in total.